The molecule has 0 radical (unpaired) electrons. The Labute approximate surface area is 104 Å². The van der Waals surface area contributed by atoms with Gasteiger partial charge < -0.3 is 5.73 Å². The molecule has 1 atom stereocenters. The van der Waals surface area contributed by atoms with Crippen LogP contribution < -0.4 is 5.73 Å². The lowest BCUT2D eigenvalue weighted by atomic mass is 10.3. The summed E-state index contributed by atoms with van der Waals surface area (Å²) in [5, 5.41) is 1.82. The zero-order valence-corrected chi connectivity index (χ0v) is 10.3. The first-order chi connectivity index (χ1) is 8.08. The van der Waals surface area contributed by atoms with Crippen molar-refractivity contribution in [2.24, 2.45) is 0 Å². The normalized spacial score (nSPS) is 12.6. The van der Waals surface area contributed by atoms with Gasteiger partial charge in [-0.05, 0) is 23.6 Å². The second kappa shape index (κ2) is 4.93. The average Bonchev–Trinajstić information content (AvgIpc) is 2.68. The maximum absolute atomic E-state index is 13.5. The highest BCUT2D eigenvalue weighted by Gasteiger charge is 2.17. The van der Waals surface area contributed by atoms with Crippen molar-refractivity contribution in [3.63, 3.8) is 0 Å². The molecule has 1 aromatic carbocycles. The number of nitrogens with two attached hydrogens (primary N) is 1. The van der Waals surface area contributed by atoms with Crippen LogP contribution in [0.1, 0.15) is 4.88 Å². The van der Waals surface area contributed by atoms with Gasteiger partial charge >= 0.3 is 0 Å². The third kappa shape index (κ3) is 2.70. The summed E-state index contributed by atoms with van der Waals surface area (Å²) in [6.07, 6.45) is 0. The van der Waals surface area contributed by atoms with Crippen molar-refractivity contribution < 1.29 is 13.0 Å². The van der Waals surface area contributed by atoms with Gasteiger partial charge in [0.2, 0.25) is 0 Å². The summed E-state index contributed by atoms with van der Waals surface area (Å²) >= 11 is 1.40. The Hall–Kier alpha value is -1.27. The molecule has 0 amide bonds. The molecule has 2 rings (SSSR count). The number of nitrogen functional groups attached to an aromatic ring is 1. The van der Waals surface area contributed by atoms with Gasteiger partial charge in [-0.3, -0.25) is 4.21 Å². The van der Waals surface area contributed by atoms with Gasteiger partial charge in [-0.2, -0.15) is 0 Å². The number of rotatable bonds is 3. The van der Waals surface area contributed by atoms with Crippen LogP contribution in [0.25, 0.3) is 0 Å². The number of hydrogen-bond acceptors (Lipinski definition) is 3. The van der Waals surface area contributed by atoms with Crippen LogP contribution >= 0.6 is 11.3 Å². The maximum atomic E-state index is 13.5. The van der Waals surface area contributed by atoms with Gasteiger partial charge in [0.15, 0.2) is 0 Å². The summed E-state index contributed by atoms with van der Waals surface area (Å²) in [5.74, 6) is -1.62. The highest BCUT2D eigenvalue weighted by molar-refractivity contribution is 7.84. The molecular weight excluding hydrogens is 264 g/mol. The zero-order chi connectivity index (χ0) is 12.4. The minimum absolute atomic E-state index is 0.0168. The van der Waals surface area contributed by atoms with E-state index in [1.54, 1.807) is 12.1 Å². The molecule has 6 heteroatoms. The van der Waals surface area contributed by atoms with Crippen molar-refractivity contribution in [1.29, 1.82) is 0 Å². The molecule has 0 bridgehead atoms. The molecule has 0 saturated carbocycles. The van der Waals surface area contributed by atoms with E-state index in [0.717, 1.165) is 17.0 Å². The van der Waals surface area contributed by atoms with Gasteiger partial charge in [0, 0.05) is 10.6 Å². The van der Waals surface area contributed by atoms with Crippen molar-refractivity contribution in [3.8, 4) is 0 Å². The van der Waals surface area contributed by atoms with Gasteiger partial charge in [-0.25, -0.2) is 8.78 Å². The number of anilines is 1. The lowest BCUT2D eigenvalue weighted by molar-refractivity contribution is 0.535. The van der Waals surface area contributed by atoms with Gasteiger partial charge in [0.05, 0.1) is 16.6 Å². The molecule has 0 saturated heterocycles. The fraction of sp³-hybridized carbons (Fsp3) is 0.0909. The molecule has 1 aromatic heterocycles. The van der Waals surface area contributed by atoms with Crippen LogP contribution in [0.5, 0.6) is 0 Å². The standard InChI is InChI=1S/C11H9F2NOS2/c12-9-4-7(14)5-10(13)11(9)17(15)6-8-2-1-3-16-8/h1-5H,6,14H2. The van der Waals surface area contributed by atoms with Gasteiger partial charge in [0.1, 0.15) is 16.5 Å². The lowest BCUT2D eigenvalue weighted by Gasteiger charge is -2.05. The molecule has 2 N–H and O–H groups in total. The molecule has 0 aliphatic heterocycles. The van der Waals surface area contributed by atoms with E-state index in [0.29, 0.717) is 0 Å². The Kier molecular flexibility index (Phi) is 3.54. The molecule has 0 aliphatic rings. The summed E-state index contributed by atoms with van der Waals surface area (Å²) in [4.78, 5) is 0.409. The fourth-order valence-corrected chi connectivity index (χ4v) is 3.53. The Balaban J connectivity index is 2.31. The third-order valence-corrected chi connectivity index (χ3v) is 4.58. The van der Waals surface area contributed by atoms with Crippen molar-refractivity contribution in [2.45, 2.75) is 10.6 Å². The SMILES string of the molecule is Nc1cc(F)c(S(=O)Cc2cccs2)c(F)c1. The predicted octanol–water partition coefficient (Wildman–Crippen LogP) is 2.92. The van der Waals surface area contributed by atoms with E-state index in [2.05, 4.69) is 0 Å². The van der Waals surface area contributed by atoms with E-state index >= 15 is 0 Å². The molecule has 90 valence electrons. The van der Waals surface area contributed by atoms with Crippen LogP contribution in [0.4, 0.5) is 14.5 Å². The second-order valence-corrected chi connectivity index (χ2v) is 5.80. The van der Waals surface area contributed by atoms with E-state index in [1.807, 2.05) is 5.38 Å². The van der Waals surface area contributed by atoms with Crippen LogP contribution in [0.2, 0.25) is 0 Å². The molecule has 0 spiro atoms. The lowest BCUT2D eigenvalue weighted by Crippen LogP contribution is -2.03. The largest absolute Gasteiger partial charge is 0.399 e. The Morgan fingerprint density at radius 1 is 1.29 bits per heavy atom. The van der Waals surface area contributed by atoms with Crippen molar-refractivity contribution in [2.75, 3.05) is 5.73 Å². The number of hydrogen-bond donors (Lipinski definition) is 1. The van der Waals surface area contributed by atoms with Crippen molar-refractivity contribution in [3.05, 3.63) is 46.2 Å². The maximum Gasteiger partial charge on any atom is 0.144 e. The minimum Gasteiger partial charge on any atom is -0.399 e. The van der Waals surface area contributed by atoms with Crippen LogP contribution in [-0.4, -0.2) is 4.21 Å². The third-order valence-electron chi connectivity index (χ3n) is 2.10. The van der Waals surface area contributed by atoms with Gasteiger partial charge in [-0.15, -0.1) is 11.3 Å². The first-order valence-corrected chi connectivity index (χ1v) is 6.93. The van der Waals surface area contributed by atoms with E-state index in [4.69, 9.17) is 5.73 Å². The second-order valence-electron chi connectivity index (χ2n) is 3.38. The number of halogens is 2. The highest BCUT2D eigenvalue weighted by Crippen LogP contribution is 2.23. The molecule has 2 aromatic rings. The Bertz CT molecular complexity index is 532. The first-order valence-electron chi connectivity index (χ1n) is 4.73. The van der Waals surface area contributed by atoms with Crippen LogP contribution in [0, 0.1) is 11.6 Å². The zero-order valence-electron chi connectivity index (χ0n) is 8.65. The smallest absolute Gasteiger partial charge is 0.144 e. The first kappa shape index (κ1) is 12.2. The summed E-state index contributed by atoms with van der Waals surface area (Å²) < 4.78 is 38.8. The molecule has 1 unspecified atom stereocenters. The summed E-state index contributed by atoms with van der Waals surface area (Å²) in [5.41, 5.74) is 5.27. The van der Waals surface area contributed by atoms with Gasteiger partial charge in [0.25, 0.3) is 0 Å². The average molecular weight is 273 g/mol. The summed E-state index contributed by atoms with van der Waals surface area (Å²) in [6.45, 7) is 0. The molecule has 0 fully saturated rings. The van der Waals surface area contributed by atoms with E-state index in [9.17, 15) is 13.0 Å². The predicted molar refractivity (Wildman–Crippen MR) is 65.2 cm³/mol. The molecular formula is C11H9F2NOS2. The summed E-state index contributed by atoms with van der Waals surface area (Å²) in [7, 11) is -1.74. The number of benzene rings is 1. The summed E-state index contributed by atoms with van der Waals surface area (Å²) in [6, 6.07) is 5.53. The molecule has 1 heterocycles. The van der Waals surface area contributed by atoms with Crippen molar-refractivity contribution >= 4 is 27.8 Å². The minimum atomic E-state index is -1.74. The van der Waals surface area contributed by atoms with Crippen LogP contribution in [-0.2, 0) is 16.6 Å². The quantitative estimate of drug-likeness (QED) is 0.874. The fourth-order valence-electron chi connectivity index (χ4n) is 1.39. The van der Waals surface area contributed by atoms with Gasteiger partial charge in [-0.1, -0.05) is 6.07 Å². The van der Waals surface area contributed by atoms with E-state index in [-0.39, 0.29) is 11.4 Å². The van der Waals surface area contributed by atoms with E-state index < -0.39 is 27.3 Å². The molecule has 17 heavy (non-hydrogen) atoms. The monoisotopic (exact) mass is 273 g/mol. The van der Waals surface area contributed by atoms with Crippen LogP contribution in [0.3, 0.4) is 0 Å². The Morgan fingerprint density at radius 3 is 2.47 bits per heavy atom. The van der Waals surface area contributed by atoms with Crippen LogP contribution in [0.15, 0.2) is 34.5 Å². The molecule has 2 nitrogen and oxygen atoms in total. The molecule has 0 aliphatic carbocycles. The topological polar surface area (TPSA) is 43.1 Å². The van der Waals surface area contributed by atoms with Crippen molar-refractivity contribution in [1.82, 2.24) is 0 Å². The highest BCUT2D eigenvalue weighted by atomic mass is 32.2. The van der Waals surface area contributed by atoms with E-state index in [1.165, 1.54) is 11.3 Å². The number of thiophene rings is 1. The Morgan fingerprint density at radius 2 is 1.94 bits per heavy atom.